The molecule has 0 unspecified atom stereocenters. The van der Waals surface area contributed by atoms with Crippen molar-refractivity contribution in [1.29, 1.82) is 0 Å². The average molecular weight is 286 g/mol. The molecule has 0 aliphatic carbocycles. The summed E-state index contributed by atoms with van der Waals surface area (Å²) in [7, 11) is 0. The highest BCUT2D eigenvalue weighted by Gasteiger charge is 2.13. The van der Waals surface area contributed by atoms with Crippen LogP contribution in [-0.4, -0.2) is 22.5 Å². The first kappa shape index (κ1) is 15.1. The molecule has 0 fully saturated rings. The van der Waals surface area contributed by atoms with Crippen molar-refractivity contribution in [3.8, 4) is 0 Å². The lowest BCUT2D eigenvalue weighted by molar-refractivity contribution is 0.0516. The zero-order valence-electron chi connectivity index (χ0n) is 12.2. The average Bonchev–Trinajstić information content (AvgIpc) is 2.50. The molecule has 2 rings (SSSR count). The van der Waals surface area contributed by atoms with Gasteiger partial charge in [-0.15, -0.1) is 0 Å². The van der Waals surface area contributed by atoms with Crippen molar-refractivity contribution >= 4 is 5.97 Å². The van der Waals surface area contributed by atoms with E-state index in [1.54, 1.807) is 20.0 Å². The molecule has 0 saturated heterocycles. The van der Waals surface area contributed by atoms with Gasteiger partial charge in [-0.25, -0.2) is 14.8 Å². The summed E-state index contributed by atoms with van der Waals surface area (Å²) in [5.74, 6) is 0.0429. The Kier molecular flexibility index (Phi) is 5.40. The van der Waals surface area contributed by atoms with Crippen LogP contribution in [0.2, 0.25) is 0 Å². The van der Waals surface area contributed by atoms with Crippen LogP contribution in [0.3, 0.4) is 0 Å². The molecule has 21 heavy (non-hydrogen) atoms. The molecule has 0 saturated carbocycles. The number of hydrogen-bond donors (Lipinski definition) is 0. The molecule has 1 heterocycles. The van der Waals surface area contributed by atoms with Crippen LogP contribution in [0.5, 0.6) is 0 Å². The highest BCUT2D eigenvalue weighted by Crippen LogP contribution is 2.08. The molecule has 5 heteroatoms. The third-order valence-electron chi connectivity index (χ3n) is 2.83. The van der Waals surface area contributed by atoms with Gasteiger partial charge in [-0.2, -0.15) is 0 Å². The third-order valence-corrected chi connectivity index (χ3v) is 2.83. The number of aryl methyl sites for hydroxylation is 1. The van der Waals surface area contributed by atoms with E-state index in [0.717, 1.165) is 5.56 Å². The first-order valence-electron chi connectivity index (χ1n) is 6.82. The first-order valence-corrected chi connectivity index (χ1v) is 6.82. The Bertz CT molecular complexity index is 600. The fourth-order valence-electron chi connectivity index (χ4n) is 1.79. The summed E-state index contributed by atoms with van der Waals surface area (Å²) >= 11 is 0. The van der Waals surface area contributed by atoms with Crippen LogP contribution in [0.1, 0.15) is 34.4 Å². The molecule has 110 valence electrons. The van der Waals surface area contributed by atoms with Crippen LogP contribution in [0.15, 0.2) is 36.5 Å². The number of carbonyl (C=O) groups excluding carboxylic acids is 1. The van der Waals surface area contributed by atoms with E-state index in [9.17, 15) is 4.79 Å². The van der Waals surface area contributed by atoms with Gasteiger partial charge in [0, 0.05) is 11.8 Å². The minimum absolute atomic E-state index is 0.252. The van der Waals surface area contributed by atoms with Crippen molar-refractivity contribution in [2.45, 2.75) is 27.1 Å². The first-order chi connectivity index (χ1) is 10.2. The van der Waals surface area contributed by atoms with Gasteiger partial charge in [-0.3, -0.25) is 0 Å². The summed E-state index contributed by atoms with van der Waals surface area (Å²) in [5, 5.41) is 0. The number of hydrogen-bond acceptors (Lipinski definition) is 5. The summed E-state index contributed by atoms with van der Waals surface area (Å²) < 4.78 is 10.5. The van der Waals surface area contributed by atoms with E-state index in [-0.39, 0.29) is 6.61 Å². The molecule has 0 aliphatic rings. The van der Waals surface area contributed by atoms with E-state index in [1.165, 1.54) is 0 Å². The van der Waals surface area contributed by atoms with Crippen molar-refractivity contribution in [1.82, 2.24) is 9.97 Å². The van der Waals surface area contributed by atoms with Crippen LogP contribution >= 0.6 is 0 Å². The maximum Gasteiger partial charge on any atom is 0.357 e. The lowest BCUT2D eigenvalue weighted by Gasteiger charge is -2.07. The maximum atomic E-state index is 11.8. The van der Waals surface area contributed by atoms with Gasteiger partial charge in [0.05, 0.1) is 13.2 Å². The minimum Gasteiger partial charge on any atom is -0.461 e. The normalized spacial score (nSPS) is 10.4. The zero-order chi connectivity index (χ0) is 15.1. The van der Waals surface area contributed by atoms with E-state index < -0.39 is 5.97 Å². The van der Waals surface area contributed by atoms with Gasteiger partial charge >= 0.3 is 5.97 Å². The molecule has 0 spiro atoms. The summed E-state index contributed by atoms with van der Waals surface area (Å²) in [6.45, 7) is 4.59. The van der Waals surface area contributed by atoms with E-state index in [1.807, 2.05) is 30.3 Å². The monoisotopic (exact) mass is 286 g/mol. The number of nitrogens with zero attached hydrogens (tertiary/aromatic N) is 2. The predicted octanol–water partition coefficient (Wildman–Crippen LogP) is 2.68. The molecule has 5 nitrogen and oxygen atoms in total. The molecule has 1 aromatic carbocycles. The second-order valence-electron chi connectivity index (χ2n) is 4.52. The second-order valence-corrected chi connectivity index (χ2v) is 4.52. The number of benzene rings is 1. The minimum atomic E-state index is -0.429. The van der Waals surface area contributed by atoms with E-state index in [0.29, 0.717) is 30.3 Å². The van der Waals surface area contributed by atoms with Crippen LogP contribution in [-0.2, 0) is 22.7 Å². The number of ether oxygens (including phenoxy) is 2. The molecule has 0 bridgehead atoms. The Morgan fingerprint density at radius 2 is 1.95 bits per heavy atom. The van der Waals surface area contributed by atoms with Gasteiger partial charge in [0.25, 0.3) is 0 Å². The quantitative estimate of drug-likeness (QED) is 0.764. The molecule has 0 aliphatic heterocycles. The Morgan fingerprint density at radius 3 is 2.67 bits per heavy atom. The van der Waals surface area contributed by atoms with Crippen LogP contribution in [0.4, 0.5) is 0 Å². The molecule has 0 N–H and O–H groups in total. The molecule has 1 aromatic heterocycles. The van der Waals surface area contributed by atoms with Crippen molar-refractivity contribution in [2.75, 3.05) is 6.61 Å². The van der Waals surface area contributed by atoms with Gasteiger partial charge in [0.1, 0.15) is 6.61 Å². The zero-order valence-corrected chi connectivity index (χ0v) is 12.2. The van der Waals surface area contributed by atoms with Crippen LogP contribution in [0.25, 0.3) is 0 Å². The van der Waals surface area contributed by atoms with Gasteiger partial charge in [0.2, 0.25) is 0 Å². The SMILES string of the molecule is CCOC(=O)c1nc(COCc2ccccc2)ncc1C. The largest absolute Gasteiger partial charge is 0.461 e. The Morgan fingerprint density at radius 1 is 1.19 bits per heavy atom. The summed E-state index contributed by atoms with van der Waals surface area (Å²) in [4.78, 5) is 20.1. The van der Waals surface area contributed by atoms with E-state index in [2.05, 4.69) is 9.97 Å². The van der Waals surface area contributed by atoms with Gasteiger partial charge in [0.15, 0.2) is 11.5 Å². The fraction of sp³-hybridized carbons (Fsp3) is 0.312. The van der Waals surface area contributed by atoms with Gasteiger partial charge in [-0.05, 0) is 19.4 Å². The van der Waals surface area contributed by atoms with E-state index >= 15 is 0 Å². The smallest absolute Gasteiger partial charge is 0.357 e. The lowest BCUT2D eigenvalue weighted by atomic mass is 10.2. The number of rotatable bonds is 6. The van der Waals surface area contributed by atoms with Gasteiger partial charge < -0.3 is 9.47 Å². The summed E-state index contributed by atoms with van der Waals surface area (Å²) in [6.07, 6.45) is 1.61. The molecule has 2 aromatic rings. The third kappa shape index (κ3) is 4.36. The molecule has 0 radical (unpaired) electrons. The molecule has 0 amide bonds. The number of carbonyl (C=O) groups is 1. The van der Waals surface area contributed by atoms with E-state index in [4.69, 9.17) is 9.47 Å². The summed E-state index contributed by atoms with van der Waals surface area (Å²) in [6, 6.07) is 9.85. The summed E-state index contributed by atoms with van der Waals surface area (Å²) in [5.41, 5.74) is 2.07. The highest BCUT2D eigenvalue weighted by molar-refractivity contribution is 5.88. The topological polar surface area (TPSA) is 61.3 Å². The molecular formula is C16H18N2O3. The number of esters is 1. The lowest BCUT2D eigenvalue weighted by Crippen LogP contribution is -2.12. The standard InChI is InChI=1S/C16H18N2O3/c1-3-21-16(19)15-12(2)9-17-14(18-15)11-20-10-13-7-5-4-6-8-13/h4-9H,3,10-11H2,1-2H3. The van der Waals surface area contributed by atoms with Crippen molar-refractivity contribution < 1.29 is 14.3 Å². The Labute approximate surface area is 124 Å². The molecular weight excluding hydrogens is 268 g/mol. The fourth-order valence-corrected chi connectivity index (χ4v) is 1.79. The maximum absolute atomic E-state index is 11.8. The van der Waals surface area contributed by atoms with Gasteiger partial charge in [-0.1, -0.05) is 30.3 Å². The van der Waals surface area contributed by atoms with Crippen molar-refractivity contribution in [2.24, 2.45) is 0 Å². The second kappa shape index (κ2) is 7.50. The van der Waals surface area contributed by atoms with Crippen molar-refractivity contribution in [3.63, 3.8) is 0 Å². The van der Waals surface area contributed by atoms with Crippen molar-refractivity contribution in [3.05, 3.63) is 59.2 Å². The predicted molar refractivity (Wildman–Crippen MR) is 77.7 cm³/mol. The van der Waals surface area contributed by atoms with Crippen LogP contribution < -0.4 is 0 Å². The number of aromatic nitrogens is 2. The Balaban J connectivity index is 1.97. The Hall–Kier alpha value is -2.27. The molecule has 0 atom stereocenters. The van der Waals surface area contributed by atoms with Crippen LogP contribution in [0, 0.1) is 6.92 Å². The highest BCUT2D eigenvalue weighted by atomic mass is 16.5.